The Bertz CT molecular complexity index is 720. The lowest BCUT2D eigenvalue weighted by Gasteiger charge is -2.32. The lowest BCUT2D eigenvalue weighted by molar-refractivity contribution is 0.0705. The molecule has 1 aromatic heterocycles. The fourth-order valence-electron chi connectivity index (χ4n) is 3.24. The van der Waals surface area contributed by atoms with E-state index in [1.807, 2.05) is 17.0 Å². The van der Waals surface area contributed by atoms with Crippen molar-refractivity contribution in [2.24, 2.45) is 0 Å². The smallest absolute Gasteiger partial charge is 0.253 e. The van der Waals surface area contributed by atoms with E-state index in [0.717, 1.165) is 56.0 Å². The van der Waals surface area contributed by atoms with Gasteiger partial charge in [-0.15, -0.1) is 0 Å². The third-order valence-electron chi connectivity index (χ3n) is 4.82. The second-order valence-electron chi connectivity index (χ2n) is 6.75. The third kappa shape index (κ3) is 6.04. The first-order chi connectivity index (χ1) is 13.2. The number of aromatic nitrogens is 1. The normalized spacial score (nSPS) is 15.1. The molecule has 0 radical (unpaired) electrons. The van der Waals surface area contributed by atoms with E-state index in [1.54, 1.807) is 42.4 Å². The van der Waals surface area contributed by atoms with Gasteiger partial charge in [0.05, 0.1) is 0 Å². The summed E-state index contributed by atoms with van der Waals surface area (Å²) in [4.78, 5) is 18.3. The van der Waals surface area contributed by atoms with Crippen LogP contribution in [0.2, 0.25) is 0 Å². The van der Waals surface area contributed by atoms with Crippen molar-refractivity contribution in [2.75, 3.05) is 25.4 Å². The predicted molar refractivity (Wildman–Crippen MR) is 108 cm³/mol. The summed E-state index contributed by atoms with van der Waals surface area (Å²) in [7, 11) is 0. The number of amides is 1. The summed E-state index contributed by atoms with van der Waals surface area (Å²) in [5, 5.41) is 3.60. The van der Waals surface area contributed by atoms with Gasteiger partial charge in [-0.1, -0.05) is 18.2 Å². The minimum Gasteiger partial charge on any atom is -0.339 e. The van der Waals surface area contributed by atoms with Crippen LogP contribution in [0.15, 0.2) is 48.8 Å². The summed E-state index contributed by atoms with van der Waals surface area (Å²) in [6.45, 7) is 2.55. The molecule has 1 aromatic carbocycles. The Morgan fingerprint density at radius 2 is 1.93 bits per heavy atom. The highest BCUT2D eigenvalue weighted by molar-refractivity contribution is 7.98. The molecule has 2 aromatic rings. The lowest BCUT2D eigenvalue weighted by atomic mass is 10.0. The highest BCUT2D eigenvalue weighted by atomic mass is 32.2. The molecular weight excluding hydrogens is 361 g/mol. The summed E-state index contributed by atoms with van der Waals surface area (Å²) in [5.41, 5.74) is 1.49. The van der Waals surface area contributed by atoms with Crippen LogP contribution in [0, 0.1) is 5.82 Å². The Morgan fingerprint density at radius 1 is 1.19 bits per heavy atom. The van der Waals surface area contributed by atoms with Crippen LogP contribution in [-0.2, 0) is 5.75 Å². The summed E-state index contributed by atoms with van der Waals surface area (Å²) in [5.74, 6) is 1.72. The Morgan fingerprint density at radius 3 is 2.67 bits per heavy atom. The van der Waals surface area contributed by atoms with Gasteiger partial charge < -0.3 is 10.2 Å². The molecule has 6 heteroatoms. The van der Waals surface area contributed by atoms with Crippen molar-refractivity contribution in [1.29, 1.82) is 0 Å². The molecule has 0 bridgehead atoms. The fraction of sp³-hybridized carbons (Fsp3) is 0.429. The first-order valence-electron chi connectivity index (χ1n) is 9.48. The van der Waals surface area contributed by atoms with Gasteiger partial charge in [-0.2, -0.15) is 11.8 Å². The molecule has 0 spiro atoms. The number of carbonyl (C=O) groups is 1. The Labute approximate surface area is 164 Å². The van der Waals surface area contributed by atoms with Crippen LogP contribution in [0.5, 0.6) is 0 Å². The highest BCUT2D eigenvalue weighted by Gasteiger charge is 2.23. The van der Waals surface area contributed by atoms with Crippen LogP contribution in [0.1, 0.15) is 35.2 Å². The number of nitrogens with zero attached hydrogens (tertiary/aromatic N) is 2. The van der Waals surface area contributed by atoms with Crippen molar-refractivity contribution in [1.82, 2.24) is 15.2 Å². The van der Waals surface area contributed by atoms with Gasteiger partial charge in [0.2, 0.25) is 0 Å². The van der Waals surface area contributed by atoms with Crippen LogP contribution in [0.3, 0.4) is 0 Å². The maximum Gasteiger partial charge on any atom is 0.253 e. The van der Waals surface area contributed by atoms with E-state index in [0.29, 0.717) is 11.6 Å². The summed E-state index contributed by atoms with van der Waals surface area (Å²) >= 11 is 1.77. The third-order valence-corrected chi connectivity index (χ3v) is 5.92. The van der Waals surface area contributed by atoms with Crippen molar-refractivity contribution < 1.29 is 9.18 Å². The minimum absolute atomic E-state index is 0.0976. The van der Waals surface area contributed by atoms with E-state index in [-0.39, 0.29) is 11.7 Å². The monoisotopic (exact) mass is 387 g/mol. The summed E-state index contributed by atoms with van der Waals surface area (Å²) < 4.78 is 13.5. The van der Waals surface area contributed by atoms with Crippen LogP contribution in [-0.4, -0.2) is 47.2 Å². The average molecular weight is 388 g/mol. The van der Waals surface area contributed by atoms with E-state index < -0.39 is 0 Å². The molecule has 0 atom stereocenters. The van der Waals surface area contributed by atoms with Gasteiger partial charge in [0.25, 0.3) is 5.91 Å². The first-order valence-corrected chi connectivity index (χ1v) is 10.6. The number of hydrogen-bond acceptors (Lipinski definition) is 4. The largest absolute Gasteiger partial charge is 0.339 e. The highest BCUT2D eigenvalue weighted by Crippen LogP contribution is 2.16. The van der Waals surface area contributed by atoms with E-state index in [9.17, 15) is 9.18 Å². The maximum atomic E-state index is 13.5. The van der Waals surface area contributed by atoms with Crippen LogP contribution in [0.25, 0.3) is 0 Å². The first kappa shape index (κ1) is 19.8. The van der Waals surface area contributed by atoms with E-state index >= 15 is 0 Å². The molecule has 3 rings (SSSR count). The number of likely N-dealkylation sites (tertiary alicyclic amines) is 1. The number of rotatable bonds is 8. The van der Waals surface area contributed by atoms with E-state index in [2.05, 4.69) is 10.3 Å². The van der Waals surface area contributed by atoms with Gasteiger partial charge in [-0.3, -0.25) is 9.78 Å². The SMILES string of the molecule is O=C(c1ccncc1)N1CCC(NCCCSCc2ccccc2F)CC1. The number of thioether (sulfide) groups is 1. The quantitative estimate of drug-likeness (QED) is 0.701. The van der Waals surface area contributed by atoms with Gasteiger partial charge in [0, 0.05) is 42.8 Å². The van der Waals surface area contributed by atoms with Crippen LogP contribution >= 0.6 is 11.8 Å². The van der Waals surface area contributed by atoms with Gasteiger partial charge in [0.15, 0.2) is 0 Å². The molecule has 0 unspecified atom stereocenters. The van der Waals surface area contributed by atoms with Crippen LogP contribution in [0.4, 0.5) is 4.39 Å². The topological polar surface area (TPSA) is 45.2 Å². The second kappa shape index (κ2) is 10.4. The fourth-order valence-corrected chi connectivity index (χ4v) is 4.19. The molecule has 1 saturated heterocycles. The standard InChI is InChI=1S/C21H26FN3OS/c22-20-5-2-1-4-18(20)16-27-15-3-10-24-19-8-13-25(14-9-19)21(26)17-6-11-23-12-7-17/h1-2,4-7,11-12,19,24H,3,8-10,13-16H2. The Kier molecular flexibility index (Phi) is 7.66. The molecule has 27 heavy (non-hydrogen) atoms. The molecule has 1 aliphatic rings. The van der Waals surface area contributed by atoms with Gasteiger partial charge in [0.1, 0.15) is 5.82 Å². The van der Waals surface area contributed by atoms with E-state index in [4.69, 9.17) is 0 Å². The molecule has 144 valence electrons. The number of pyridine rings is 1. The van der Waals surface area contributed by atoms with Gasteiger partial charge in [-0.05, 0) is 55.3 Å². The Hall–Kier alpha value is -1.92. The Balaban J connectivity index is 1.28. The summed E-state index contributed by atoms with van der Waals surface area (Å²) in [6.07, 6.45) is 6.35. The van der Waals surface area contributed by atoms with Crippen molar-refractivity contribution in [2.45, 2.75) is 31.1 Å². The van der Waals surface area contributed by atoms with Crippen LogP contribution < -0.4 is 5.32 Å². The zero-order chi connectivity index (χ0) is 18.9. The maximum absolute atomic E-state index is 13.5. The zero-order valence-corrected chi connectivity index (χ0v) is 16.3. The zero-order valence-electron chi connectivity index (χ0n) is 15.4. The van der Waals surface area contributed by atoms with Crippen molar-refractivity contribution >= 4 is 17.7 Å². The van der Waals surface area contributed by atoms with Gasteiger partial charge in [-0.25, -0.2) is 4.39 Å². The van der Waals surface area contributed by atoms with Crippen molar-refractivity contribution in [3.8, 4) is 0 Å². The molecule has 4 nitrogen and oxygen atoms in total. The number of piperidine rings is 1. The average Bonchev–Trinajstić information content (AvgIpc) is 2.72. The second-order valence-corrected chi connectivity index (χ2v) is 7.86. The predicted octanol–water partition coefficient (Wildman–Crippen LogP) is 3.74. The molecule has 1 amide bonds. The molecule has 2 heterocycles. The van der Waals surface area contributed by atoms with E-state index in [1.165, 1.54) is 6.07 Å². The number of carbonyl (C=O) groups excluding carboxylic acids is 1. The number of halogens is 1. The molecular formula is C21H26FN3OS. The van der Waals surface area contributed by atoms with Crippen molar-refractivity contribution in [3.63, 3.8) is 0 Å². The lowest BCUT2D eigenvalue weighted by Crippen LogP contribution is -2.45. The number of hydrogen-bond donors (Lipinski definition) is 1. The molecule has 1 aliphatic heterocycles. The molecule has 1 N–H and O–H groups in total. The number of benzene rings is 1. The number of nitrogens with one attached hydrogen (secondary N) is 1. The molecule has 1 fully saturated rings. The summed E-state index contributed by atoms with van der Waals surface area (Å²) in [6, 6.07) is 11.0. The minimum atomic E-state index is -0.115. The van der Waals surface area contributed by atoms with Gasteiger partial charge >= 0.3 is 0 Å². The molecule has 0 aliphatic carbocycles. The van der Waals surface area contributed by atoms with Crippen molar-refractivity contribution in [3.05, 3.63) is 65.7 Å². The molecule has 0 saturated carbocycles.